The fraction of sp³-hybridized carbons (Fsp3) is 0.500. The summed E-state index contributed by atoms with van der Waals surface area (Å²) in [4.78, 5) is 22.9. The van der Waals surface area contributed by atoms with Crippen LogP contribution in [0.5, 0.6) is 11.5 Å². The molecule has 1 aromatic carbocycles. The van der Waals surface area contributed by atoms with Gasteiger partial charge in [-0.2, -0.15) is 0 Å². The van der Waals surface area contributed by atoms with E-state index in [9.17, 15) is 9.59 Å². The third-order valence-corrected chi connectivity index (χ3v) is 2.87. The van der Waals surface area contributed by atoms with Gasteiger partial charge in [-0.05, 0) is 24.3 Å². The Morgan fingerprint density at radius 1 is 0.800 bits per heavy atom. The van der Waals surface area contributed by atoms with Gasteiger partial charge in [-0.25, -0.2) is 0 Å². The molecule has 0 aliphatic rings. The first-order valence-corrected chi connectivity index (χ1v) is 6.81. The minimum Gasteiger partial charge on any atom is -0.486 e. The second-order valence-corrected chi connectivity index (χ2v) is 5.29. The molecule has 0 spiro atoms. The Labute approximate surface area is 120 Å². The second kappa shape index (κ2) is 7.68. The van der Waals surface area contributed by atoms with Gasteiger partial charge in [0.2, 0.25) is 0 Å². The van der Waals surface area contributed by atoms with Crippen LogP contribution in [-0.4, -0.2) is 24.8 Å². The summed E-state index contributed by atoms with van der Waals surface area (Å²) in [5, 5.41) is 0. The van der Waals surface area contributed by atoms with Crippen LogP contribution >= 0.6 is 0 Å². The van der Waals surface area contributed by atoms with E-state index in [-0.39, 0.29) is 36.6 Å². The zero-order chi connectivity index (χ0) is 15.1. The third kappa shape index (κ3) is 5.43. The van der Waals surface area contributed by atoms with Crippen molar-refractivity contribution >= 4 is 11.6 Å². The van der Waals surface area contributed by atoms with Gasteiger partial charge in [0.1, 0.15) is 24.7 Å². The predicted molar refractivity (Wildman–Crippen MR) is 77.1 cm³/mol. The first-order valence-electron chi connectivity index (χ1n) is 6.81. The highest BCUT2D eigenvalue weighted by Crippen LogP contribution is 2.18. The Morgan fingerprint density at radius 2 is 1.10 bits per heavy atom. The number of Topliss-reactive ketones (excluding diaryl/α,β-unsaturated/α-hetero) is 2. The van der Waals surface area contributed by atoms with Crippen LogP contribution in [0.3, 0.4) is 0 Å². The van der Waals surface area contributed by atoms with Crippen molar-refractivity contribution in [2.75, 3.05) is 13.2 Å². The number of hydrogen-bond acceptors (Lipinski definition) is 4. The van der Waals surface area contributed by atoms with Crippen molar-refractivity contribution in [3.63, 3.8) is 0 Å². The lowest BCUT2D eigenvalue weighted by atomic mass is 10.1. The summed E-state index contributed by atoms with van der Waals surface area (Å²) in [7, 11) is 0. The molecular weight excluding hydrogens is 256 g/mol. The summed E-state index contributed by atoms with van der Waals surface area (Å²) >= 11 is 0. The predicted octanol–water partition coefficient (Wildman–Crippen LogP) is 2.89. The summed E-state index contributed by atoms with van der Waals surface area (Å²) in [5.74, 6) is 1.29. The van der Waals surface area contributed by atoms with Crippen molar-refractivity contribution in [3.05, 3.63) is 24.3 Å². The van der Waals surface area contributed by atoms with Gasteiger partial charge in [0.05, 0.1) is 0 Å². The van der Waals surface area contributed by atoms with Crippen molar-refractivity contribution < 1.29 is 19.1 Å². The summed E-state index contributed by atoms with van der Waals surface area (Å²) in [6.45, 7) is 7.51. The fourth-order valence-corrected chi connectivity index (χ4v) is 1.27. The Balaban J connectivity index is 2.44. The lowest BCUT2D eigenvalue weighted by molar-refractivity contribution is -0.124. The Bertz CT molecular complexity index is 403. The first kappa shape index (κ1) is 16.2. The molecule has 1 rings (SSSR count). The van der Waals surface area contributed by atoms with Gasteiger partial charge >= 0.3 is 0 Å². The van der Waals surface area contributed by atoms with E-state index < -0.39 is 0 Å². The molecule has 0 aliphatic heterocycles. The zero-order valence-corrected chi connectivity index (χ0v) is 12.5. The maximum atomic E-state index is 11.4. The molecule has 0 radical (unpaired) electrons. The minimum atomic E-state index is -0.0281. The average Bonchev–Trinajstić information content (AvgIpc) is 2.42. The van der Waals surface area contributed by atoms with E-state index in [0.717, 1.165) is 0 Å². The van der Waals surface area contributed by atoms with Crippen LogP contribution in [0.4, 0.5) is 0 Å². The number of hydrogen-bond donors (Lipinski definition) is 0. The van der Waals surface area contributed by atoms with Crippen molar-refractivity contribution in [2.24, 2.45) is 11.8 Å². The molecule has 0 N–H and O–H groups in total. The van der Waals surface area contributed by atoms with Gasteiger partial charge < -0.3 is 9.47 Å². The lowest BCUT2D eigenvalue weighted by Gasteiger charge is -2.09. The molecule has 0 aliphatic carbocycles. The lowest BCUT2D eigenvalue weighted by Crippen LogP contribution is -2.17. The van der Waals surface area contributed by atoms with Gasteiger partial charge in [-0.1, -0.05) is 27.7 Å². The van der Waals surface area contributed by atoms with Gasteiger partial charge in [0, 0.05) is 11.8 Å². The van der Waals surface area contributed by atoms with Crippen LogP contribution in [0.25, 0.3) is 0 Å². The maximum Gasteiger partial charge on any atom is 0.172 e. The zero-order valence-electron chi connectivity index (χ0n) is 12.5. The number of rotatable bonds is 8. The van der Waals surface area contributed by atoms with E-state index in [2.05, 4.69) is 0 Å². The average molecular weight is 278 g/mol. The number of ether oxygens (including phenoxy) is 2. The number of carbonyl (C=O) groups excluding carboxylic acids is 2. The van der Waals surface area contributed by atoms with E-state index in [1.807, 2.05) is 27.7 Å². The van der Waals surface area contributed by atoms with Crippen LogP contribution in [0.15, 0.2) is 24.3 Å². The monoisotopic (exact) mass is 278 g/mol. The molecule has 0 unspecified atom stereocenters. The molecule has 0 saturated heterocycles. The number of carbonyl (C=O) groups is 2. The van der Waals surface area contributed by atoms with E-state index >= 15 is 0 Å². The molecule has 1 aromatic rings. The number of benzene rings is 1. The van der Waals surface area contributed by atoms with E-state index in [1.165, 1.54) is 0 Å². The van der Waals surface area contributed by atoms with Crippen LogP contribution in [0, 0.1) is 11.8 Å². The van der Waals surface area contributed by atoms with Crippen LogP contribution in [0.1, 0.15) is 27.7 Å². The molecule has 4 nitrogen and oxygen atoms in total. The highest BCUT2D eigenvalue weighted by atomic mass is 16.5. The molecular formula is C16H22O4. The molecule has 0 aromatic heterocycles. The Morgan fingerprint density at radius 3 is 1.35 bits per heavy atom. The summed E-state index contributed by atoms with van der Waals surface area (Å²) < 4.78 is 10.8. The Kier molecular flexibility index (Phi) is 6.22. The maximum absolute atomic E-state index is 11.4. The smallest absolute Gasteiger partial charge is 0.172 e. The topological polar surface area (TPSA) is 52.6 Å². The van der Waals surface area contributed by atoms with Gasteiger partial charge in [-0.15, -0.1) is 0 Å². The number of ketones is 2. The normalized spacial score (nSPS) is 10.7. The third-order valence-electron chi connectivity index (χ3n) is 2.87. The minimum absolute atomic E-state index is 0.0281. The van der Waals surface area contributed by atoms with Crippen molar-refractivity contribution in [1.29, 1.82) is 0 Å². The SMILES string of the molecule is CC(C)C(=O)COc1ccc(OCC(=O)C(C)C)cc1. The standard InChI is InChI=1S/C16H22O4/c1-11(2)15(17)9-19-13-5-7-14(8-6-13)20-10-16(18)12(3)4/h5-8,11-12H,9-10H2,1-4H3. The summed E-state index contributed by atoms with van der Waals surface area (Å²) in [5.41, 5.74) is 0. The molecule has 4 heteroatoms. The molecule has 0 heterocycles. The molecule has 0 bridgehead atoms. The summed E-state index contributed by atoms with van der Waals surface area (Å²) in [6, 6.07) is 6.90. The van der Waals surface area contributed by atoms with Crippen LogP contribution in [0.2, 0.25) is 0 Å². The van der Waals surface area contributed by atoms with Crippen LogP contribution < -0.4 is 9.47 Å². The second-order valence-electron chi connectivity index (χ2n) is 5.29. The molecule has 0 fully saturated rings. The van der Waals surface area contributed by atoms with Gasteiger partial charge in [0.15, 0.2) is 11.6 Å². The fourth-order valence-electron chi connectivity index (χ4n) is 1.27. The Hall–Kier alpha value is -1.84. The highest BCUT2D eigenvalue weighted by Gasteiger charge is 2.09. The quantitative estimate of drug-likeness (QED) is 0.733. The largest absolute Gasteiger partial charge is 0.486 e. The van der Waals surface area contributed by atoms with Crippen LogP contribution in [-0.2, 0) is 9.59 Å². The van der Waals surface area contributed by atoms with E-state index in [0.29, 0.717) is 11.5 Å². The first-order chi connectivity index (χ1) is 9.40. The van der Waals surface area contributed by atoms with Gasteiger partial charge in [-0.3, -0.25) is 9.59 Å². The molecule has 0 amide bonds. The van der Waals surface area contributed by atoms with Crippen molar-refractivity contribution in [1.82, 2.24) is 0 Å². The molecule has 0 atom stereocenters. The molecule has 110 valence electrons. The summed E-state index contributed by atoms with van der Waals surface area (Å²) in [6.07, 6.45) is 0. The van der Waals surface area contributed by atoms with Crippen molar-refractivity contribution in [3.8, 4) is 11.5 Å². The van der Waals surface area contributed by atoms with Crippen molar-refractivity contribution in [2.45, 2.75) is 27.7 Å². The highest BCUT2D eigenvalue weighted by molar-refractivity contribution is 5.82. The van der Waals surface area contributed by atoms with Gasteiger partial charge in [0.25, 0.3) is 0 Å². The molecule has 0 saturated carbocycles. The van der Waals surface area contributed by atoms with E-state index in [1.54, 1.807) is 24.3 Å². The van der Waals surface area contributed by atoms with E-state index in [4.69, 9.17) is 9.47 Å². The molecule has 20 heavy (non-hydrogen) atoms.